The highest BCUT2D eigenvalue weighted by atomic mass is 28.1. The Morgan fingerprint density at radius 2 is 1.25 bits per heavy atom. The maximum Gasteiger partial charge on any atom is 0.00637 e. The van der Waals surface area contributed by atoms with Crippen molar-refractivity contribution in [1.82, 2.24) is 0 Å². The van der Waals surface area contributed by atoms with Crippen molar-refractivity contribution in [2.45, 2.75) is 37.8 Å². The van der Waals surface area contributed by atoms with Crippen molar-refractivity contribution < 1.29 is 0 Å². The Kier molecular flexibility index (Phi) is 4.56. The summed E-state index contributed by atoms with van der Waals surface area (Å²) in [5.41, 5.74) is 2.10. The van der Waals surface area contributed by atoms with Gasteiger partial charge in [0, 0.05) is 20.5 Å². The highest BCUT2D eigenvalue weighted by Gasteiger charge is 1.95. The molecule has 0 aromatic rings. The third-order valence-corrected chi connectivity index (χ3v) is 2.48. The van der Waals surface area contributed by atoms with Gasteiger partial charge in [0.1, 0.15) is 0 Å². The fraction of sp³-hybridized carbons (Fsp3) is 1.00. The van der Waals surface area contributed by atoms with Gasteiger partial charge in [0.15, 0.2) is 0 Å². The van der Waals surface area contributed by atoms with E-state index in [4.69, 9.17) is 0 Å². The molecule has 0 aromatic carbocycles. The second-order valence-corrected chi connectivity index (χ2v) is 7.31. The zero-order valence-electron chi connectivity index (χ0n) is 6.57. The third kappa shape index (κ3) is 6.43. The molecule has 0 bridgehead atoms. The Morgan fingerprint density at radius 1 is 1.00 bits per heavy atom. The lowest BCUT2D eigenvalue weighted by molar-refractivity contribution is 0.699. The fourth-order valence-corrected chi connectivity index (χ4v) is 1.33. The number of hydrogen-bond acceptors (Lipinski definition) is 0. The Labute approximate surface area is 58.9 Å². The first-order valence-electron chi connectivity index (χ1n) is 3.63. The van der Waals surface area contributed by atoms with Crippen molar-refractivity contribution in [3.63, 3.8) is 0 Å². The van der Waals surface area contributed by atoms with Gasteiger partial charge in [-0.25, -0.2) is 0 Å². The molecule has 0 saturated carbocycles. The fourth-order valence-electron chi connectivity index (χ4n) is 0.667. The van der Waals surface area contributed by atoms with Gasteiger partial charge >= 0.3 is 0 Å². The monoisotopic (exact) mass is 146 g/mol. The minimum absolute atomic E-state index is 1.05. The van der Waals surface area contributed by atoms with Crippen molar-refractivity contribution in [3.8, 4) is 0 Å². The summed E-state index contributed by atoms with van der Waals surface area (Å²) in [4.78, 5) is 0. The van der Waals surface area contributed by atoms with E-state index >= 15 is 0 Å². The summed E-state index contributed by atoms with van der Waals surface area (Å²) >= 11 is 0. The van der Waals surface area contributed by atoms with Crippen LogP contribution in [0.5, 0.6) is 0 Å². The van der Waals surface area contributed by atoms with E-state index in [1.54, 1.807) is 0 Å². The van der Waals surface area contributed by atoms with Gasteiger partial charge in [-0.05, 0) is 0 Å². The molecule has 0 aliphatic heterocycles. The van der Waals surface area contributed by atoms with Crippen LogP contribution in [0.2, 0.25) is 11.1 Å². The molecule has 0 saturated heterocycles. The summed E-state index contributed by atoms with van der Waals surface area (Å²) in [6.45, 7) is 4.71. The van der Waals surface area contributed by atoms with Crippen LogP contribution < -0.4 is 0 Å². The van der Waals surface area contributed by atoms with E-state index in [2.05, 4.69) is 13.8 Å². The predicted octanol–water partition coefficient (Wildman–Crippen LogP) is 0.114. The normalized spacial score (nSPS) is 18.8. The zero-order chi connectivity index (χ0) is 6.57. The lowest BCUT2D eigenvalue weighted by atomic mass is 10.2. The quantitative estimate of drug-likeness (QED) is 0.496. The summed E-state index contributed by atoms with van der Waals surface area (Å²) < 4.78 is 0. The number of rotatable bonds is 3. The lowest BCUT2D eigenvalue weighted by Gasteiger charge is -2.05. The van der Waals surface area contributed by atoms with Crippen molar-refractivity contribution in [2.75, 3.05) is 0 Å². The molecule has 0 heterocycles. The van der Waals surface area contributed by atoms with E-state index in [-0.39, 0.29) is 0 Å². The first-order valence-corrected chi connectivity index (χ1v) is 5.94. The average molecular weight is 146 g/mol. The molecule has 8 heavy (non-hydrogen) atoms. The van der Waals surface area contributed by atoms with E-state index in [9.17, 15) is 0 Å². The van der Waals surface area contributed by atoms with Crippen LogP contribution in [0, 0.1) is 0 Å². The molecule has 0 nitrogen and oxygen atoms in total. The van der Waals surface area contributed by atoms with Gasteiger partial charge in [0.05, 0.1) is 0 Å². The van der Waals surface area contributed by atoms with Gasteiger partial charge < -0.3 is 0 Å². The van der Waals surface area contributed by atoms with Crippen molar-refractivity contribution >= 4 is 20.5 Å². The Balaban J connectivity index is 2.93. The van der Waals surface area contributed by atoms with Crippen LogP contribution in [-0.2, 0) is 0 Å². The van der Waals surface area contributed by atoms with Gasteiger partial charge in [0.2, 0.25) is 0 Å². The average Bonchev–Trinajstić information content (AvgIpc) is 1.61. The smallest absolute Gasteiger partial charge is 0.00637 e. The Morgan fingerprint density at radius 3 is 1.38 bits per heavy atom. The molecule has 2 heteroatoms. The predicted molar refractivity (Wildman–Crippen MR) is 48.0 cm³/mol. The molecule has 50 valence electrons. The summed E-state index contributed by atoms with van der Waals surface area (Å²) in [6.07, 6.45) is 2.97. The number of hydrogen-bond donors (Lipinski definition) is 0. The topological polar surface area (TPSA) is 0 Å². The lowest BCUT2D eigenvalue weighted by Crippen LogP contribution is -1.90. The summed E-state index contributed by atoms with van der Waals surface area (Å²) in [7, 11) is 2.78. The molecule has 2 atom stereocenters. The molecule has 0 radical (unpaired) electrons. The van der Waals surface area contributed by atoms with Crippen molar-refractivity contribution in [1.29, 1.82) is 0 Å². The standard InChI is InChI=1S/C6H18Si2/c1-5(7)3-4-6(2)8/h5-6H,3-4H2,1-2,7-8H3. The zero-order valence-corrected chi connectivity index (χ0v) is 10.6. The second kappa shape index (κ2) is 4.33. The van der Waals surface area contributed by atoms with Crippen LogP contribution in [0.1, 0.15) is 26.7 Å². The Hall–Kier alpha value is 0.434. The SMILES string of the molecule is CC([SiH3])CCC(C)[SiH3]. The minimum atomic E-state index is 1.05. The molecular formula is C6H18Si2. The van der Waals surface area contributed by atoms with Crippen LogP contribution in [0.25, 0.3) is 0 Å². The van der Waals surface area contributed by atoms with Crippen molar-refractivity contribution in [2.24, 2.45) is 0 Å². The van der Waals surface area contributed by atoms with Crippen LogP contribution in [0.4, 0.5) is 0 Å². The largest absolute Gasteiger partial charge is 0.0658 e. The highest BCUT2D eigenvalue weighted by molar-refractivity contribution is 6.12. The molecule has 0 aliphatic carbocycles. The van der Waals surface area contributed by atoms with Crippen LogP contribution >= 0.6 is 0 Å². The molecule has 0 rings (SSSR count). The van der Waals surface area contributed by atoms with E-state index in [0.717, 1.165) is 11.1 Å². The van der Waals surface area contributed by atoms with Crippen LogP contribution in [-0.4, -0.2) is 20.5 Å². The second-order valence-electron chi connectivity index (χ2n) is 3.37. The molecule has 2 unspecified atom stereocenters. The molecule has 0 amide bonds. The highest BCUT2D eigenvalue weighted by Crippen LogP contribution is 2.13. The molecule has 0 fully saturated rings. The van der Waals surface area contributed by atoms with Crippen LogP contribution in [0.15, 0.2) is 0 Å². The third-order valence-electron chi connectivity index (χ3n) is 1.32. The molecule has 0 aromatic heterocycles. The Bertz CT molecular complexity index is 42.5. The van der Waals surface area contributed by atoms with Gasteiger partial charge in [-0.3, -0.25) is 0 Å². The maximum atomic E-state index is 2.36. The van der Waals surface area contributed by atoms with E-state index in [1.807, 2.05) is 0 Å². The van der Waals surface area contributed by atoms with E-state index < -0.39 is 0 Å². The first-order chi connectivity index (χ1) is 3.63. The van der Waals surface area contributed by atoms with Crippen LogP contribution in [0.3, 0.4) is 0 Å². The summed E-state index contributed by atoms with van der Waals surface area (Å²) in [5, 5.41) is 0. The van der Waals surface area contributed by atoms with Crippen molar-refractivity contribution in [3.05, 3.63) is 0 Å². The van der Waals surface area contributed by atoms with Gasteiger partial charge in [0.25, 0.3) is 0 Å². The van der Waals surface area contributed by atoms with Gasteiger partial charge in [-0.15, -0.1) is 0 Å². The molecule has 0 N–H and O–H groups in total. The first kappa shape index (κ1) is 8.43. The van der Waals surface area contributed by atoms with Gasteiger partial charge in [-0.2, -0.15) is 0 Å². The molecule has 0 spiro atoms. The van der Waals surface area contributed by atoms with Gasteiger partial charge in [-0.1, -0.05) is 37.8 Å². The van der Waals surface area contributed by atoms with E-state index in [1.165, 1.54) is 33.3 Å². The summed E-state index contributed by atoms with van der Waals surface area (Å²) in [5.74, 6) is 0. The van der Waals surface area contributed by atoms with E-state index in [0.29, 0.717) is 0 Å². The molecule has 0 aliphatic rings. The molecular weight excluding hydrogens is 128 g/mol. The maximum absolute atomic E-state index is 2.36. The minimum Gasteiger partial charge on any atom is -0.0658 e. The summed E-state index contributed by atoms with van der Waals surface area (Å²) in [6, 6.07) is 0.